The average molecular weight is 460 g/mol. The molecule has 1 saturated heterocycles. The van der Waals surface area contributed by atoms with Crippen LogP contribution in [0.25, 0.3) is 0 Å². The van der Waals surface area contributed by atoms with Gasteiger partial charge in [0, 0.05) is 55.3 Å². The monoisotopic (exact) mass is 459 g/mol. The Morgan fingerprint density at radius 2 is 1.88 bits per heavy atom. The molecule has 0 aromatic heterocycles. The van der Waals surface area contributed by atoms with Gasteiger partial charge in [-0.1, -0.05) is 6.92 Å². The molecule has 0 bridgehead atoms. The van der Waals surface area contributed by atoms with Gasteiger partial charge in [-0.25, -0.2) is 4.79 Å². The Kier molecular flexibility index (Phi) is 5.81. The van der Waals surface area contributed by atoms with Crippen molar-refractivity contribution >= 4 is 17.5 Å². The first-order chi connectivity index (χ1) is 15.6. The van der Waals surface area contributed by atoms with Gasteiger partial charge in [0.1, 0.15) is 11.9 Å². The van der Waals surface area contributed by atoms with Gasteiger partial charge in [0.05, 0.1) is 23.7 Å². The van der Waals surface area contributed by atoms with Crippen molar-refractivity contribution in [3.05, 3.63) is 34.3 Å². The zero-order valence-electron chi connectivity index (χ0n) is 19.9. The first-order valence-electron chi connectivity index (χ1n) is 11.7. The molecule has 0 spiro atoms. The molecule has 8 nitrogen and oxygen atoms in total. The molecule has 0 radical (unpaired) electrons. The molecule has 1 saturated carbocycles. The number of aliphatic hydroxyl groups is 2. The van der Waals surface area contributed by atoms with Crippen molar-refractivity contribution in [2.75, 3.05) is 26.8 Å². The summed E-state index contributed by atoms with van der Waals surface area (Å²) in [4.78, 5) is 41.3. The number of allylic oxidation sites excluding steroid dienone is 1. The minimum atomic E-state index is -1.18. The number of ketones is 2. The molecule has 0 amide bonds. The smallest absolute Gasteiger partial charge is 0.340 e. The van der Waals surface area contributed by atoms with E-state index in [0.29, 0.717) is 37.1 Å². The van der Waals surface area contributed by atoms with Crippen molar-refractivity contribution in [3.63, 3.8) is 0 Å². The number of aliphatic hydroxyl groups excluding tert-OH is 2. The van der Waals surface area contributed by atoms with E-state index in [2.05, 4.69) is 0 Å². The number of carbonyl (C=O) groups is 3. The van der Waals surface area contributed by atoms with Crippen LogP contribution in [0.3, 0.4) is 0 Å². The second-order valence-electron chi connectivity index (χ2n) is 9.85. The van der Waals surface area contributed by atoms with Gasteiger partial charge in [-0.05, 0) is 39.2 Å². The minimum absolute atomic E-state index is 0.0239. The Labute approximate surface area is 193 Å². The van der Waals surface area contributed by atoms with Gasteiger partial charge in [-0.2, -0.15) is 0 Å². The largest absolute Gasteiger partial charge is 0.504 e. The third-order valence-electron chi connectivity index (χ3n) is 8.26. The number of esters is 1. The van der Waals surface area contributed by atoms with Gasteiger partial charge in [-0.3, -0.25) is 9.59 Å². The fraction of sp³-hybridized carbons (Fsp3) is 0.640. The third-order valence-corrected chi connectivity index (χ3v) is 8.26. The molecule has 0 aromatic rings. The third kappa shape index (κ3) is 3.14. The molecule has 33 heavy (non-hydrogen) atoms. The van der Waals surface area contributed by atoms with Gasteiger partial charge in [0.2, 0.25) is 5.78 Å². The lowest BCUT2D eigenvalue weighted by Crippen LogP contribution is -2.56. The Morgan fingerprint density at radius 3 is 2.48 bits per heavy atom. The standard InChI is InChI=1S/C25H33NO7/c1-6-26(7-2)11-13-19-22(30)21(29)18-14-8-9-16(28)24(14,3)10-15(27)20(18)25(19,4)17(12-32-5)33-23(13)31/h11,14-15,17,27,30H,6-10,12H2,1-5H3/b13-11-/t14-,15+,17+,24-,25-/m0/s1. The molecular formula is C25H33NO7. The van der Waals surface area contributed by atoms with Gasteiger partial charge in [0.15, 0.2) is 5.76 Å². The molecule has 0 aromatic carbocycles. The lowest BCUT2D eigenvalue weighted by atomic mass is 9.53. The molecule has 180 valence electrons. The summed E-state index contributed by atoms with van der Waals surface area (Å²) in [7, 11) is 1.48. The zero-order chi connectivity index (χ0) is 24.3. The summed E-state index contributed by atoms with van der Waals surface area (Å²) in [5.74, 6) is -2.14. The number of Topliss-reactive ketones (excluding diaryl/α,β-unsaturated/α-hetero) is 2. The number of carbonyl (C=O) groups excluding carboxylic acids is 3. The molecule has 2 N–H and O–H groups in total. The number of methoxy groups -OCH3 is 1. The fourth-order valence-electron chi connectivity index (χ4n) is 6.40. The van der Waals surface area contributed by atoms with E-state index in [-0.39, 0.29) is 30.0 Å². The second kappa shape index (κ2) is 8.09. The van der Waals surface area contributed by atoms with Gasteiger partial charge < -0.3 is 24.6 Å². The highest BCUT2D eigenvalue weighted by molar-refractivity contribution is 6.13. The van der Waals surface area contributed by atoms with Crippen molar-refractivity contribution < 1.29 is 34.1 Å². The molecule has 2 fully saturated rings. The highest BCUT2D eigenvalue weighted by Crippen LogP contribution is 2.61. The topological polar surface area (TPSA) is 113 Å². The molecule has 1 aliphatic heterocycles. The summed E-state index contributed by atoms with van der Waals surface area (Å²) in [5, 5.41) is 22.7. The van der Waals surface area contributed by atoms with E-state index in [1.54, 1.807) is 20.0 Å². The first kappa shape index (κ1) is 23.7. The number of ether oxygens (including phenoxy) is 2. The summed E-state index contributed by atoms with van der Waals surface area (Å²) in [6, 6.07) is 0. The van der Waals surface area contributed by atoms with Crippen molar-refractivity contribution in [2.24, 2.45) is 16.7 Å². The van der Waals surface area contributed by atoms with E-state index >= 15 is 0 Å². The van der Waals surface area contributed by atoms with E-state index in [1.165, 1.54) is 7.11 Å². The van der Waals surface area contributed by atoms with Crippen molar-refractivity contribution in [3.8, 4) is 0 Å². The van der Waals surface area contributed by atoms with Crippen LogP contribution in [0.2, 0.25) is 0 Å². The lowest BCUT2D eigenvalue weighted by molar-refractivity contribution is -0.157. The molecule has 0 unspecified atom stereocenters. The highest BCUT2D eigenvalue weighted by atomic mass is 16.6. The van der Waals surface area contributed by atoms with Crippen LogP contribution in [0.4, 0.5) is 0 Å². The molecule has 1 heterocycles. The number of fused-ring (bicyclic) bond motifs is 4. The van der Waals surface area contributed by atoms with Crippen LogP contribution < -0.4 is 0 Å². The quantitative estimate of drug-likeness (QED) is 0.475. The van der Waals surface area contributed by atoms with E-state index < -0.39 is 46.5 Å². The van der Waals surface area contributed by atoms with Crippen LogP contribution >= 0.6 is 0 Å². The summed E-state index contributed by atoms with van der Waals surface area (Å²) in [6.45, 7) is 8.71. The van der Waals surface area contributed by atoms with E-state index in [4.69, 9.17) is 9.47 Å². The SMILES string of the molecule is CCN(/C=C1\C(=O)O[C@H](COC)[C@@]2(C)C1=C(O)C(=O)C1=C2[C@H](O)C[C@]2(C)C(=O)CC[C@@H]12)CC. The van der Waals surface area contributed by atoms with E-state index in [1.807, 2.05) is 18.7 Å². The maximum atomic E-state index is 13.6. The predicted octanol–water partition coefficient (Wildman–Crippen LogP) is 2.23. The summed E-state index contributed by atoms with van der Waals surface area (Å²) in [5.41, 5.74) is -1.02. The van der Waals surface area contributed by atoms with E-state index in [9.17, 15) is 24.6 Å². The molecule has 5 atom stereocenters. The first-order valence-corrected chi connectivity index (χ1v) is 11.7. The molecular weight excluding hydrogens is 426 g/mol. The van der Waals surface area contributed by atoms with Crippen molar-refractivity contribution in [2.45, 2.75) is 59.2 Å². The van der Waals surface area contributed by atoms with Gasteiger partial charge in [-0.15, -0.1) is 0 Å². The second-order valence-corrected chi connectivity index (χ2v) is 9.85. The molecule has 4 rings (SSSR count). The minimum Gasteiger partial charge on any atom is -0.504 e. The van der Waals surface area contributed by atoms with Crippen LogP contribution in [0.5, 0.6) is 0 Å². The normalized spacial score (nSPS) is 37.2. The number of hydrogen-bond acceptors (Lipinski definition) is 8. The zero-order valence-corrected chi connectivity index (χ0v) is 19.9. The summed E-state index contributed by atoms with van der Waals surface area (Å²) < 4.78 is 11.2. The van der Waals surface area contributed by atoms with Crippen LogP contribution in [-0.4, -0.2) is 71.7 Å². The van der Waals surface area contributed by atoms with E-state index in [0.717, 1.165) is 0 Å². The lowest BCUT2D eigenvalue weighted by Gasteiger charge is -2.52. The summed E-state index contributed by atoms with van der Waals surface area (Å²) in [6.07, 6.45) is 0.681. The van der Waals surface area contributed by atoms with Gasteiger partial charge in [0.25, 0.3) is 0 Å². The Bertz CT molecular complexity index is 1000. The van der Waals surface area contributed by atoms with Crippen LogP contribution in [0.15, 0.2) is 34.3 Å². The van der Waals surface area contributed by atoms with Gasteiger partial charge >= 0.3 is 5.97 Å². The molecule has 3 aliphatic carbocycles. The Hall–Kier alpha value is -2.45. The number of hydrogen-bond donors (Lipinski definition) is 2. The number of cyclic esters (lactones) is 1. The molecule has 4 aliphatic rings. The highest BCUT2D eigenvalue weighted by Gasteiger charge is 2.63. The van der Waals surface area contributed by atoms with Crippen LogP contribution in [0.1, 0.15) is 47.0 Å². The van der Waals surface area contributed by atoms with Crippen molar-refractivity contribution in [1.29, 1.82) is 0 Å². The Morgan fingerprint density at radius 1 is 1.21 bits per heavy atom. The molecule has 8 heteroatoms. The maximum absolute atomic E-state index is 13.6. The maximum Gasteiger partial charge on any atom is 0.340 e. The Balaban J connectivity index is 1.99. The number of rotatable bonds is 5. The van der Waals surface area contributed by atoms with Crippen LogP contribution in [0, 0.1) is 16.7 Å². The predicted molar refractivity (Wildman–Crippen MR) is 119 cm³/mol. The average Bonchev–Trinajstić information content (AvgIpc) is 3.06. The number of nitrogens with zero attached hydrogens (tertiary/aromatic N) is 1. The summed E-state index contributed by atoms with van der Waals surface area (Å²) >= 11 is 0. The van der Waals surface area contributed by atoms with Crippen molar-refractivity contribution in [1.82, 2.24) is 4.90 Å². The fourth-order valence-corrected chi connectivity index (χ4v) is 6.40. The van der Waals surface area contributed by atoms with Crippen LogP contribution in [-0.2, 0) is 23.9 Å².